The van der Waals surface area contributed by atoms with E-state index in [1.165, 1.54) is 7.05 Å². The molecule has 16 heavy (non-hydrogen) atoms. The van der Waals surface area contributed by atoms with Crippen molar-refractivity contribution < 1.29 is 13.2 Å². The summed E-state index contributed by atoms with van der Waals surface area (Å²) in [7, 11) is -1.94. The largest absolute Gasteiger partial charge is 0.356 e. The van der Waals surface area contributed by atoms with Crippen molar-refractivity contribution in [1.82, 2.24) is 15.0 Å². The molecule has 0 aliphatic heterocycles. The second kappa shape index (κ2) is 5.46. The fourth-order valence-electron chi connectivity index (χ4n) is 0.995. The molecule has 3 N–H and O–H groups in total. The van der Waals surface area contributed by atoms with E-state index in [1.807, 2.05) is 0 Å². The van der Waals surface area contributed by atoms with Crippen molar-refractivity contribution in [2.24, 2.45) is 0 Å². The Hall–Kier alpha value is -0.860. The third-order valence-electron chi connectivity index (χ3n) is 1.86. The van der Waals surface area contributed by atoms with Crippen LogP contribution in [0, 0.1) is 0 Å². The number of sulfonamides is 1. The van der Waals surface area contributed by atoms with Gasteiger partial charge in [-0.05, 0) is 29.0 Å². The van der Waals surface area contributed by atoms with Gasteiger partial charge in [-0.25, -0.2) is 13.1 Å². The van der Waals surface area contributed by atoms with Gasteiger partial charge in [0.2, 0.25) is 10.0 Å². The highest BCUT2D eigenvalue weighted by molar-refractivity contribution is 9.10. The Bertz CT molecular complexity index is 469. The Morgan fingerprint density at radius 2 is 2.25 bits per heavy atom. The van der Waals surface area contributed by atoms with Crippen LogP contribution in [0.5, 0.6) is 0 Å². The lowest BCUT2D eigenvalue weighted by molar-refractivity contribution is 0.0952. The first-order chi connectivity index (χ1) is 7.44. The number of H-pyrrole nitrogens is 1. The molecule has 1 heterocycles. The molecule has 0 bridgehead atoms. The smallest absolute Gasteiger partial charge is 0.267 e. The van der Waals surface area contributed by atoms with E-state index in [0.717, 1.165) is 4.47 Å². The van der Waals surface area contributed by atoms with Gasteiger partial charge in [-0.3, -0.25) is 4.79 Å². The average molecular weight is 310 g/mol. The lowest BCUT2D eigenvalue weighted by atomic mass is 10.4. The van der Waals surface area contributed by atoms with E-state index in [0.29, 0.717) is 5.69 Å². The summed E-state index contributed by atoms with van der Waals surface area (Å²) in [5.41, 5.74) is 0.383. The summed E-state index contributed by atoms with van der Waals surface area (Å²) in [6, 6.07) is 1.61. The van der Waals surface area contributed by atoms with Gasteiger partial charge in [0.05, 0.1) is 5.75 Å². The Morgan fingerprint density at radius 3 is 2.75 bits per heavy atom. The van der Waals surface area contributed by atoms with E-state index in [1.54, 1.807) is 12.3 Å². The minimum absolute atomic E-state index is 0.0681. The number of hydrogen-bond donors (Lipinski definition) is 3. The van der Waals surface area contributed by atoms with Gasteiger partial charge >= 0.3 is 0 Å². The molecule has 0 aliphatic rings. The summed E-state index contributed by atoms with van der Waals surface area (Å²) in [5, 5.41) is 2.49. The van der Waals surface area contributed by atoms with Crippen molar-refractivity contribution in [3.8, 4) is 0 Å². The topological polar surface area (TPSA) is 91.1 Å². The fraction of sp³-hybridized carbons (Fsp3) is 0.375. The van der Waals surface area contributed by atoms with Crippen LogP contribution in [0.25, 0.3) is 0 Å². The number of amides is 1. The van der Waals surface area contributed by atoms with Crippen molar-refractivity contribution in [1.29, 1.82) is 0 Å². The van der Waals surface area contributed by atoms with Gasteiger partial charge in [-0.1, -0.05) is 0 Å². The van der Waals surface area contributed by atoms with Crippen LogP contribution in [0.4, 0.5) is 0 Å². The number of aromatic amines is 1. The zero-order valence-corrected chi connectivity index (χ0v) is 11.0. The molecule has 0 saturated carbocycles. The molecule has 1 rings (SSSR count). The van der Waals surface area contributed by atoms with Gasteiger partial charge in [0, 0.05) is 17.2 Å². The summed E-state index contributed by atoms with van der Waals surface area (Å²) in [6.45, 7) is 0.0681. The van der Waals surface area contributed by atoms with Crippen molar-refractivity contribution in [3.63, 3.8) is 0 Å². The Balaban J connectivity index is 2.43. The summed E-state index contributed by atoms with van der Waals surface area (Å²) in [6.07, 6.45) is 1.62. The molecule has 0 saturated heterocycles. The fourth-order valence-corrected chi connectivity index (χ4v) is 1.91. The minimum atomic E-state index is -3.28. The standard InChI is InChI=1S/C8H12BrN3O3S/c1-10-16(14,15)3-2-11-8(13)7-4-6(9)5-12-7/h4-5,10,12H,2-3H2,1H3,(H,11,13). The molecule has 0 fully saturated rings. The molecule has 0 atom stereocenters. The molecule has 1 aromatic heterocycles. The van der Waals surface area contributed by atoms with Gasteiger partial charge in [-0.15, -0.1) is 0 Å². The number of hydrogen-bond acceptors (Lipinski definition) is 3. The predicted octanol–water partition coefficient (Wildman–Crippen LogP) is 0.0562. The van der Waals surface area contributed by atoms with Crippen LogP contribution in [0.1, 0.15) is 10.5 Å². The molecule has 8 heteroatoms. The third-order valence-corrected chi connectivity index (χ3v) is 3.68. The molecule has 0 spiro atoms. The predicted molar refractivity (Wildman–Crippen MR) is 63.7 cm³/mol. The normalized spacial score (nSPS) is 11.4. The number of aromatic nitrogens is 1. The lowest BCUT2D eigenvalue weighted by Crippen LogP contribution is -2.33. The maximum atomic E-state index is 11.5. The average Bonchev–Trinajstić information content (AvgIpc) is 2.64. The van der Waals surface area contributed by atoms with Gasteiger partial charge in [-0.2, -0.15) is 0 Å². The number of nitrogens with one attached hydrogen (secondary N) is 3. The van der Waals surface area contributed by atoms with Crippen LogP contribution in [-0.2, 0) is 10.0 Å². The third kappa shape index (κ3) is 3.95. The second-order valence-corrected chi connectivity index (χ2v) is 5.97. The van der Waals surface area contributed by atoms with Crippen LogP contribution in [-0.4, -0.2) is 38.7 Å². The van der Waals surface area contributed by atoms with Crippen molar-refractivity contribution >= 4 is 31.9 Å². The molecular formula is C8H12BrN3O3S. The van der Waals surface area contributed by atoms with E-state index in [-0.39, 0.29) is 18.2 Å². The molecule has 6 nitrogen and oxygen atoms in total. The Morgan fingerprint density at radius 1 is 1.56 bits per heavy atom. The highest BCUT2D eigenvalue weighted by Crippen LogP contribution is 2.09. The van der Waals surface area contributed by atoms with Crippen LogP contribution >= 0.6 is 15.9 Å². The monoisotopic (exact) mass is 309 g/mol. The second-order valence-electron chi connectivity index (χ2n) is 3.01. The molecule has 90 valence electrons. The maximum absolute atomic E-state index is 11.5. The molecule has 0 aromatic carbocycles. The molecule has 1 aromatic rings. The van der Waals surface area contributed by atoms with Crippen molar-refractivity contribution in [2.75, 3.05) is 19.3 Å². The van der Waals surface area contributed by atoms with E-state index in [4.69, 9.17) is 0 Å². The Labute approximate surface area is 102 Å². The van der Waals surface area contributed by atoms with Gasteiger partial charge in [0.15, 0.2) is 0 Å². The zero-order valence-electron chi connectivity index (χ0n) is 8.58. The summed E-state index contributed by atoms with van der Waals surface area (Å²) >= 11 is 3.19. The molecular weight excluding hydrogens is 298 g/mol. The lowest BCUT2D eigenvalue weighted by Gasteiger charge is -2.04. The summed E-state index contributed by atoms with van der Waals surface area (Å²) in [4.78, 5) is 14.2. The number of carbonyl (C=O) groups excluding carboxylic acids is 1. The SMILES string of the molecule is CNS(=O)(=O)CCNC(=O)c1cc(Br)c[nH]1. The maximum Gasteiger partial charge on any atom is 0.267 e. The van der Waals surface area contributed by atoms with E-state index in [2.05, 4.69) is 31.0 Å². The molecule has 1 amide bonds. The van der Waals surface area contributed by atoms with Crippen LogP contribution < -0.4 is 10.0 Å². The molecule has 0 unspecified atom stereocenters. The highest BCUT2D eigenvalue weighted by atomic mass is 79.9. The first-order valence-corrected chi connectivity index (χ1v) is 6.92. The minimum Gasteiger partial charge on any atom is -0.356 e. The van der Waals surface area contributed by atoms with Crippen molar-refractivity contribution in [3.05, 3.63) is 22.4 Å². The summed E-state index contributed by atoms with van der Waals surface area (Å²) < 4.78 is 25.0. The van der Waals surface area contributed by atoms with E-state index >= 15 is 0 Å². The Kier molecular flexibility index (Phi) is 4.51. The van der Waals surface area contributed by atoms with Crippen molar-refractivity contribution in [2.45, 2.75) is 0 Å². The molecule has 0 radical (unpaired) electrons. The van der Waals surface area contributed by atoms with Gasteiger partial charge in [0.25, 0.3) is 5.91 Å². The van der Waals surface area contributed by atoms with Gasteiger partial charge < -0.3 is 10.3 Å². The first-order valence-electron chi connectivity index (χ1n) is 4.48. The van der Waals surface area contributed by atoms with E-state index < -0.39 is 10.0 Å². The first kappa shape index (κ1) is 13.2. The van der Waals surface area contributed by atoms with Gasteiger partial charge in [0.1, 0.15) is 5.69 Å². The van der Waals surface area contributed by atoms with Crippen LogP contribution in [0.15, 0.2) is 16.7 Å². The van der Waals surface area contributed by atoms with E-state index in [9.17, 15) is 13.2 Å². The number of carbonyl (C=O) groups is 1. The molecule has 0 aliphatic carbocycles. The summed E-state index contributed by atoms with van der Waals surface area (Å²) in [5.74, 6) is -0.478. The quantitative estimate of drug-likeness (QED) is 0.718. The zero-order chi connectivity index (χ0) is 12.2. The van der Waals surface area contributed by atoms with Crippen LogP contribution in [0.2, 0.25) is 0 Å². The van der Waals surface area contributed by atoms with Crippen LogP contribution in [0.3, 0.4) is 0 Å². The number of rotatable bonds is 5. The highest BCUT2D eigenvalue weighted by Gasteiger charge is 2.10. The number of halogens is 1.